The summed E-state index contributed by atoms with van der Waals surface area (Å²) in [5.74, 6) is -0.267. The number of amides is 1. The fraction of sp³-hybridized carbons (Fsp3) is 0.450. The Bertz CT molecular complexity index is 956. The second-order valence-electron chi connectivity index (χ2n) is 7.67. The van der Waals surface area contributed by atoms with Crippen LogP contribution < -0.4 is 0 Å². The van der Waals surface area contributed by atoms with E-state index in [4.69, 9.17) is 9.47 Å². The van der Waals surface area contributed by atoms with Gasteiger partial charge in [0, 0.05) is 13.1 Å². The van der Waals surface area contributed by atoms with Crippen LogP contribution in [0.1, 0.15) is 22.9 Å². The standard InChI is InChI=1S/C20H21F3N4O4/c1-2-18(28)26-7-15(27-9-17(24-25-27)19(29)11-30-12-19)16(8-26)31-10-13-3-5-14(6-4-13)20(21,22)23/h2-6,9,15-16,29H,1,7-8,10-12H2/t15-,16-/m1/s1. The first-order chi connectivity index (χ1) is 14.7. The van der Waals surface area contributed by atoms with Crippen LogP contribution in [0.5, 0.6) is 0 Å². The molecule has 1 N–H and O–H groups in total. The van der Waals surface area contributed by atoms with E-state index in [-0.39, 0.29) is 38.3 Å². The van der Waals surface area contributed by atoms with Crippen molar-refractivity contribution in [3.05, 3.63) is 59.9 Å². The first-order valence-corrected chi connectivity index (χ1v) is 9.61. The SMILES string of the molecule is C=CC(=O)N1C[C@@H](n2cc(C3(O)COC3)nn2)[C@H](OCc2ccc(C(F)(F)F)cc2)C1. The minimum absolute atomic E-state index is 0.0642. The van der Waals surface area contributed by atoms with Crippen molar-refractivity contribution in [2.45, 2.75) is 30.5 Å². The fourth-order valence-electron chi connectivity index (χ4n) is 3.57. The molecule has 4 rings (SSSR count). The largest absolute Gasteiger partial charge is 0.416 e. The molecule has 8 nitrogen and oxygen atoms in total. The molecule has 0 unspecified atom stereocenters. The number of aromatic nitrogens is 3. The van der Waals surface area contributed by atoms with Gasteiger partial charge in [0.2, 0.25) is 5.91 Å². The average molecular weight is 438 g/mol. The fourth-order valence-corrected chi connectivity index (χ4v) is 3.57. The molecule has 31 heavy (non-hydrogen) atoms. The van der Waals surface area contributed by atoms with E-state index in [1.807, 2.05) is 0 Å². The maximum Gasteiger partial charge on any atom is 0.416 e. The first kappa shape index (κ1) is 21.5. The number of likely N-dealkylation sites (tertiary alicyclic amines) is 1. The minimum atomic E-state index is -4.40. The zero-order valence-corrected chi connectivity index (χ0v) is 16.5. The van der Waals surface area contributed by atoms with Gasteiger partial charge in [-0.25, -0.2) is 4.68 Å². The summed E-state index contributed by atoms with van der Waals surface area (Å²) in [6.45, 7) is 4.38. The molecule has 2 atom stereocenters. The Balaban J connectivity index is 1.48. The molecule has 3 heterocycles. The van der Waals surface area contributed by atoms with Gasteiger partial charge in [-0.05, 0) is 23.8 Å². The van der Waals surface area contributed by atoms with Gasteiger partial charge in [0.05, 0.1) is 43.7 Å². The van der Waals surface area contributed by atoms with E-state index >= 15 is 0 Å². The topological polar surface area (TPSA) is 89.7 Å². The first-order valence-electron chi connectivity index (χ1n) is 9.61. The molecule has 2 aliphatic heterocycles. The lowest BCUT2D eigenvalue weighted by Gasteiger charge is -2.34. The number of aliphatic hydroxyl groups is 1. The number of hydrogen-bond acceptors (Lipinski definition) is 6. The Morgan fingerprint density at radius 2 is 2.03 bits per heavy atom. The molecular formula is C20H21F3N4O4. The van der Waals surface area contributed by atoms with Gasteiger partial charge in [0.25, 0.3) is 0 Å². The smallest absolute Gasteiger partial charge is 0.379 e. The summed E-state index contributed by atoms with van der Waals surface area (Å²) in [5.41, 5.74) is -0.968. The third-order valence-electron chi connectivity index (χ3n) is 5.48. The van der Waals surface area contributed by atoms with E-state index in [9.17, 15) is 23.1 Å². The molecule has 1 amide bonds. The Labute approximate surface area is 175 Å². The van der Waals surface area contributed by atoms with Crippen LogP contribution in [0.15, 0.2) is 43.1 Å². The summed E-state index contributed by atoms with van der Waals surface area (Å²) >= 11 is 0. The van der Waals surface area contributed by atoms with Gasteiger partial charge in [0.1, 0.15) is 5.69 Å². The Morgan fingerprint density at radius 1 is 1.32 bits per heavy atom. The number of alkyl halides is 3. The normalized spacial score (nSPS) is 22.9. The number of ether oxygens (including phenoxy) is 2. The van der Waals surface area contributed by atoms with Crippen molar-refractivity contribution in [1.82, 2.24) is 19.9 Å². The maximum absolute atomic E-state index is 12.7. The van der Waals surface area contributed by atoms with Gasteiger partial charge in [0.15, 0.2) is 5.60 Å². The molecule has 0 aliphatic carbocycles. The predicted octanol–water partition coefficient (Wildman–Crippen LogP) is 1.67. The van der Waals surface area contributed by atoms with E-state index < -0.39 is 23.4 Å². The molecule has 11 heteroatoms. The number of rotatable bonds is 6. The number of nitrogens with zero attached hydrogens (tertiary/aromatic N) is 4. The Kier molecular flexibility index (Phi) is 5.58. The number of benzene rings is 1. The molecule has 2 saturated heterocycles. The number of carbonyl (C=O) groups is 1. The van der Waals surface area contributed by atoms with Crippen LogP contribution in [0, 0.1) is 0 Å². The van der Waals surface area contributed by atoms with E-state index in [0.717, 1.165) is 12.1 Å². The summed E-state index contributed by atoms with van der Waals surface area (Å²) in [4.78, 5) is 13.7. The number of carbonyl (C=O) groups excluding carboxylic acids is 1. The molecule has 2 aliphatic rings. The summed E-state index contributed by atoms with van der Waals surface area (Å²) in [5, 5.41) is 18.5. The van der Waals surface area contributed by atoms with Crippen molar-refractivity contribution in [2.75, 3.05) is 26.3 Å². The van der Waals surface area contributed by atoms with Crippen molar-refractivity contribution in [2.24, 2.45) is 0 Å². The van der Waals surface area contributed by atoms with Crippen LogP contribution in [0.25, 0.3) is 0 Å². The van der Waals surface area contributed by atoms with E-state index in [1.165, 1.54) is 18.2 Å². The summed E-state index contributed by atoms with van der Waals surface area (Å²) in [7, 11) is 0. The number of hydrogen-bond donors (Lipinski definition) is 1. The monoisotopic (exact) mass is 438 g/mol. The molecule has 0 spiro atoms. The lowest BCUT2D eigenvalue weighted by Crippen LogP contribution is -2.46. The highest BCUT2D eigenvalue weighted by atomic mass is 19.4. The van der Waals surface area contributed by atoms with Gasteiger partial charge in [-0.15, -0.1) is 5.10 Å². The zero-order chi connectivity index (χ0) is 22.2. The molecule has 1 aromatic heterocycles. The van der Waals surface area contributed by atoms with Crippen LogP contribution in [0.2, 0.25) is 0 Å². The van der Waals surface area contributed by atoms with Crippen LogP contribution >= 0.6 is 0 Å². The summed E-state index contributed by atoms with van der Waals surface area (Å²) in [6, 6.07) is 4.34. The van der Waals surface area contributed by atoms with E-state index in [0.29, 0.717) is 17.8 Å². The van der Waals surface area contributed by atoms with Crippen molar-refractivity contribution >= 4 is 5.91 Å². The van der Waals surface area contributed by atoms with Crippen LogP contribution in [-0.4, -0.2) is 63.3 Å². The van der Waals surface area contributed by atoms with Crippen molar-refractivity contribution in [1.29, 1.82) is 0 Å². The Morgan fingerprint density at radius 3 is 2.61 bits per heavy atom. The second kappa shape index (κ2) is 8.06. The molecule has 0 radical (unpaired) electrons. The molecule has 1 aromatic carbocycles. The quantitative estimate of drug-likeness (QED) is 0.691. The molecule has 2 aromatic rings. The van der Waals surface area contributed by atoms with E-state index in [1.54, 1.807) is 15.8 Å². The summed E-state index contributed by atoms with van der Waals surface area (Å²) in [6.07, 6.45) is -2.07. The maximum atomic E-state index is 12.7. The van der Waals surface area contributed by atoms with Gasteiger partial charge < -0.3 is 19.5 Å². The third-order valence-corrected chi connectivity index (χ3v) is 5.48. The highest BCUT2D eigenvalue weighted by Crippen LogP contribution is 2.31. The van der Waals surface area contributed by atoms with Crippen LogP contribution in [0.4, 0.5) is 13.2 Å². The van der Waals surface area contributed by atoms with Gasteiger partial charge in [-0.2, -0.15) is 13.2 Å². The Hall–Kier alpha value is -2.76. The van der Waals surface area contributed by atoms with Gasteiger partial charge in [-0.3, -0.25) is 4.79 Å². The van der Waals surface area contributed by atoms with Crippen LogP contribution in [-0.2, 0) is 32.7 Å². The number of halogens is 3. The molecule has 0 saturated carbocycles. The van der Waals surface area contributed by atoms with Crippen molar-refractivity contribution in [3.8, 4) is 0 Å². The second-order valence-corrected chi connectivity index (χ2v) is 7.67. The minimum Gasteiger partial charge on any atom is -0.379 e. The van der Waals surface area contributed by atoms with Gasteiger partial charge in [-0.1, -0.05) is 23.9 Å². The molecule has 0 bridgehead atoms. The van der Waals surface area contributed by atoms with Crippen LogP contribution in [0.3, 0.4) is 0 Å². The van der Waals surface area contributed by atoms with Gasteiger partial charge >= 0.3 is 6.18 Å². The lowest BCUT2D eigenvalue weighted by molar-refractivity contribution is -0.186. The summed E-state index contributed by atoms with van der Waals surface area (Å²) < 4.78 is 50.8. The van der Waals surface area contributed by atoms with Crippen molar-refractivity contribution in [3.63, 3.8) is 0 Å². The highest BCUT2D eigenvalue weighted by molar-refractivity contribution is 5.87. The third kappa shape index (κ3) is 4.34. The zero-order valence-electron chi connectivity index (χ0n) is 16.5. The molecule has 2 fully saturated rings. The molecule has 166 valence electrons. The average Bonchev–Trinajstić information content (AvgIpc) is 3.37. The lowest BCUT2D eigenvalue weighted by atomic mass is 9.99. The van der Waals surface area contributed by atoms with E-state index in [2.05, 4.69) is 16.9 Å². The molecular weight excluding hydrogens is 417 g/mol. The highest BCUT2D eigenvalue weighted by Gasteiger charge is 2.43. The predicted molar refractivity (Wildman–Crippen MR) is 101 cm³/mol. The van der Waals surface area contributed by atoms with Crippen molar-refractivity contribution < 1.29 is 32.5 Å².